The summed E-state index contributed by atoms with van der Waals surface area (Å²) in [7, 11) is 0. The molecule has 1 N–H and O–H groups in total. The van der Waals surface area contributed by atoms with E-state index in [1.165, 1.54) is 0 Å². The van der Waals surface area contributed by atoms with E-state index < -0.39 is 6.04 Å². The van der Waals surface area contributed by atoms with E-state index in [0.717, 1.165) is 11.1 Å². The zero-order chi connectivity index (χ0) is 18.9. The number of carbonyl (C=O) groups excluding carboxylic acids is 2. The SMILES string of the molecule is CCNC(=O)[C@@H](C)N(CCc1ccccc1)C(=O)Cc1ccccc1Cl. The Morgan fingerprint density at radius 3 is 2.38 bits per heavy atom. The maximum absolute atomic E-state index is 12.9. The maximum atomic E-state index is 12.9. The smallest absolute Gasteiger partial charge is 0.242 e. The van der Waals surface area contributed by atoms with Crippen LogP contribution in [-0.2, 0) is 22.4 Å². The van der Waals surface area contributed by atoms with Crippen LogP contribution in [0.25, 0.3) is 0 Å². The number of carbonyl (C=O) groups is 2. The molecule has 0 saturated carbocycles. The topological polar surface area (TPSA) is 49.4 Å². The Labute approximate surface area is 160 Å². The molecule has 1 atom stereocenters. The Hall–Kier alpha value is -2.33. The fourth-order valence-corrected chi connectivity index (χ4v) is 3.00. The number of hydrogen-bond acceptors (Lipinski definition) is 2. The Morgan fingerprint density at radius 1 is 1.08 bits per heavy atom. The minimum Gasteiger partial charge on any atom is -0.355 e. The van der Waals surface area contributed by atoms with E-state index in [-0.39, 0.29) is 18.2 Å². The molecule has 0 unspecified atom stereocenters. The fourth-order valence-electron chi connectivity index (χ4n) is 2.80. The van der Waals surface area contributed by atoms with Gasteiger partial charge in [-0.3, -0.25) is 9.59 Å². The molecule has 138 valence electrons. The molecule has 0 spiro atoms. The highest BCUT2D eigenvalue weighted by Crippen LogP contribution is 2.17. The minimum atomic E-state index is -0.534. The molecule has 2 aromatic rings. The van der Waals surface area contributed by atoms with Crippen molar-refractivity contribution in [3.05, 3.63) is 70.7 Å². The molecule has 0 fully saturated rings. The van der Waals surface area contributed by atoms with E-state index >= 15 is 0 Å². The summed E-state index contributed by atoms with van der Waals surface area (Å²) in [5.74, 6) is -0.249. The number of nitrogens with zero attached hydrogens (tertiary/aromatic N) is 1. The summed E-state index contributed by atoms with van der Waals surface area (Å²) >= 11 is 6.19. The van der Waals surface area contributed by atoms with Crippen LogP contribution in [0.4, 0.5) is 0 Å². The summed E-state index contributed by atoms with van der Waals surface area (Å²) in [5.41, 5.74) is 1.90. The monoisotopic (exact) mass is 372 g/mol. The average Bonchev–Trinajstić information content (AvgIpc) is 2.64. The van der Waals surface area contributed by atoms with Gasteiger partial charge in [0.25, 0.3) is 0 Å². The van der Waals surface area contributed by atoms with Crippen LogP contribution in [0, 0.1) is 0 Å². The lowest BCUT2D eigenvalue weighted by Gasteiger charge is -2.29. The van der Waals surface area contributed by atoms with E-state index in [1.807, 2.05) is 55.5 Å². The van der Waals surface area contributed by atoms with Gasteiger partial charge in [-0.2, -0.15) is 0 Å². The van der Waals surface area contributed by atoms with Crippen molar-refractivity contribution in [3.8, 4) is 0 Å². The lowest BCUT2D eigenvalue weighted by Crippen LogP contribution is -2.49. The summed E-state index contributed by atoms with van der Waals surface area (Å²) in [6.07, 6.45) is 0.872. The average molecular weight is 373 g/mol. The summed E-state index contributed by atoms with van der Waals surface area (Å²) in [4.78, 5) is 26.9. The standard InChI is InChI=1S/C21H25ClN2O2/c1-3-23-21(26)16(2)24(14-13-17-9-5-4-6-10-17)20(25)15-18-11-7-8-12-19(18)22/h4-12,16H,3,13-15H2,1-2H3,(H,23,26)/t16-/m1/s1. The lowest BCUT2D eigenvalue weighted by atomic mass is 10.1. The van der Waals surface area contributed by atoms with Crippen LogP contribution in [0.15, 0.2) is 54.6 Å². The Balaban J connectivity index is 2.14. The van der Waals surface area contributed by atoms with Gasteiger partial charge >= 0.3 is 0 Å². The Bertz CT molecular complexity index is 734. The van der Waals surface area contributed by atoms with Crippen molar-refractivity contribution < 1.29 is 9.59 Å². The highest BCUT2D eigenvalue weighted by Gasteiger charge is 2.25. The largest absolute Gasteiger partial charge is 0.355 e. The van der Waals surface area contributed by atoms with Crippen molar-refractivity contribution in [1.82, 2.24) is 10.2 Å². The fraction of sp³-hybridized carbons (Fsp3) is 0.333. The van der Waals surface area contributed by atoms with Crippen LogP contribution in [-0.4, -0.2) is 35.8 Å². The van der Waals surface area contributed by atoms with E-state index in [4.69, 9.17) is 11.6 Å². The molecule has 0 aliphatic carbocycles. The summed E-state index contributed by atoms with van der Waals surface area (Å²) < 4.78 is 0. The van der Waals surface area contributed by atoms with E-state index in [2.05, 4.69) is 5.32 Å². The first-order chi connectivity index (χ1) is 12.5. The Morgan fingerprint density at radius 2 is 1.73 bits per heavy atom. The first-order valence-corrected chi connectivity index (χ1v) is 9.25. The number of amides is 2. The molecule has 0 bridgehead atoms. The summed E-state index contributed by atoms with van der Waals surface area (Å²) in [6, 6.07) is 16.7. The van der Waals surface area contributed by atoms with Gasteiger partial charge in [-0.1, -0.05) is 60.1 Å². The molecule has 26 heavy (non-hydrogen) atoms. The molecule has 0 aromatic heterocycles. The van der Waals surface area contributed by atoms with Crippen LogP contribution in [0.3, 0.4) is 0 Å². The van der Waals surface area contributed by atoms with Gasteiger partial charge in [0, 0.05) is 18.1 Å². The number of rotatable bonds is 8. The molecular weight excluding hydrogens is 348 g/mol. The van der Waals surface area contributed by atoms with Gasteiger partial charge in [0.05, 0.1) is 6.42 Å². The first kappa shape index (κ1) is 20.0. The molecule has 0 radical (unpaired) electrons. The van der Waals surface area contributed by atoms with Crippen molar-refractivity contribution in [2.45, 2.75) is 32.7 Å². The van der Waals surface area contributed by atoms with Gasteiger partial charge < -0.3 is 10.2 Å². The van der Waals surface area contributed by atoms with Crippen molar-refractivity contribution in [2.24, 2.45) is 0 Å². The van der Waals surface area contributed by atoms with Gasteiger partial charge in [0.15, 0.2) is 0 Å². The van der Waals surface area contributed by atoms with Crippen LogP contribution in [0.5, 0.6) is 0 Å². The molecule has 0 saturated heterocycles. The Kier molecular flexibility index (Phi) is 7.67. The lowest BCUT2D eigenvalue weighted by molar-refractivity contribution is -0.139. The molecule has 0 heterocycles. The second-order valence-electron chi connectivity index (χ2n) is 6.16. The molecular formula is C21H25ClN2O2. The third kappa shape index (κ3) is 5.60. The number of likely N-dealkylation sites (N-methyl/N-ethyl adjacent to an activating group) is 1. The predicted molar refractivity (Wildman–Crippen MR) is 105 cm³/mol. The molecule has 2 aromatic carbocycles. The molecule has 4 nitrogen and oxygen atoms in total. The van der Waals surface area contributed by atoms with E-state index in [9.17, 15) is 9.59 Å². The van der Waals surface area contributed by atoms with Gasteiger partial charge in [0.1, 0.15) is 6.04 Å². The van der Waals surface area contributed by atoms with Crippen molar-refractivity contribution in [3.63, 3.8) is 0 Å². The van der Waals surface area contributed by atoms with Gasteiger partial charge in [-0.15, -0.1) is 0 Å². The molecule has 0 aliphatic rings. The second kappa shape index (κ2) is 9.97. The normalized spacial score (nSPS) is 11.7. The summed E-state index contributed by atoms with van der Waals surface area (Å²) in [6.45, 7) is 4.64. The van der Waals surface area contributed by atoms with Crippen LogP contribution >= 0.6 is 11.6 Å². The number of benzene rings is 2. The third-order valence-electron chi connectivity index (χ3n) is 4.30. The number of hydrogen-bond donors (Lipinski definition) is 1. The number of halogens is 1. The summed E-state index contributed by atoms with van der Waals surface area (Å²) in [5, 5.41) is 3.36. The van der Waals surface area contributed by atoms with Crippen molar-refractivity contribution in [1.29, 1.82) is 0 Å². The number of nitrogens with one attached hydrogen (secondary N) is 1. The predicted octanol–water partition coefficient (Wildman–Crippen LogP) is 3.48. The van der Waals surface area contributed by atoms with Gasteiger partial charge in [0.2, 0.25) is 11.8 Å². The minimum absolute atomic E-state index is 0.104. The zero-order valence-electron chi connectivity index (χ0n) is 15.2. The van der Waals surface area contributed by atoms with Gasteiger partial charge in [-0.05, 0) is 37.5 Å². The van der Waals surface area contributed by atoms with Crippen molar-refractivity contribution in [2.75, 3.05) is 13.1 Å². The van der Waals surface area contributed by atoms with E-state index in [1.54, 1.807) is 17.9 Å². The molecule has 2 rings (SSSR count). The second-order valence-corrected chi connectivity index (χ2v) is 6.57. The highest BCUT2D eigenvalue weighted by atomic mass is 35.5. The first-order valence-electron chi connectivity index (χ1n) is 8.87. The molecule has 2 amide bonds. The van der Waals surface area contributed by atoms with Gasteiger partial charge in [-0.25, -0.2) is 0 Å². The van der Waals surface area contributed by atoms with Crippen LogP contribution < -0.4 is 5.32 Å². The van der Waals surface area contributed by atoms with E-state index in [0.29, 0.717) is 24.5 Å². The third-order valence-corrected chi connectivity index (χ3v) is 4.67. The zero-order valence-corrected chi connectivity index (χ0v) is 16.0. The van der Waals surface area contributed by atoms with Crippen LogP contribution in [0.2, 0.25) is 5.02 Å². The quantitative estimate of drug-likeness (QED) is 0.771. The highest BCUT2D eigenvalue weighted by molar-refractivity contribution is 6.31. The maximum Gasteiger partial charge on any atom is 0.242 e. The van der Waals surface area contributed by atoms with Crippen molar-refractivity contribution >= 4 is 23.4 Å². The molecule has 5 heteroatoms. The van der Waals surface area contributed by atoms with Crippen LogP contribution in [0.1, 0.15) is 25.0 Å². The molecule has 0 aliphatic heterocycles.